The number of rotatable bonds is 3. The predicted octanol–water partition coefficient (Wildman–Crippen LogP) is 3.16. The van der Waals surface area contributed by atoms with E-state index in [1.807, 2.05) is 36.6 Å². The topological polar surface area (TPSA) is 63.2 Å². The molecule has 1 aromatic carbocycles. The first-order valence-corrected chi connectivity index (χ1v) is 8.27. The van der Waals surface area contributed by atoms with Crippen molar-refractivity contribution in [3.63, 3.8) is 0 Å². The number of benzene rings is 1. The van der Waals surface area contributed by atoms with Crippen LogP contribution in [0.4, 0.5) is 4.79 Å². The van der Waals surface area contributed by atoms with Crippen molar-refractivity contribution in [2.45, 2.75) is 32.4 Å². The number of thiazole rings is 1. The van der Waals surface area contributed by atoms with Crippen molar-refractivity contribution in [2.24, 2.45) is 0 Å². The monoisotopic (exact) mass is 317 g/mol. The van der Waals surface area contributed by atoms with E-state index in [1.54, 1.807) is 11.3 Å². The first-order chi connectivity index (χ1) is 10.7. The maximum atomic E-state index is 12.1. The van der Waals surface area contributed by atoms with Gasteiger partial charge in [-0.3, -0.25) is 0 Å². The average molecular weight is 317 g/mol. The van der Waals surface area contributed by atoms with Crippen LogP contribution in [0.3, 0.4) is 0 Å². The number of carbonyl (C=O) groups excluding carboxylic acids is 1. The number of carbonyl (C=O) groups is 1. The van der Waals surface area contributed by atoms with Crippen LogP contribution >= 0.6 is 11.3 Å². The van der Waals surface area contributed by atoms with Gasteiger partial charge < -0.3 is 15.4 Å². The molecule has 2 N–H and O–H groups in total. The Morgan fingerprint density at radius 3 is 3.14 bits per heavy atom. The summed E-state index contributed by atoms with van der Waals surface area (Å²) in [6.45, 7) is 3.09. The van der Waals surface area contributed by atoms with E-state index >= 15 is 0 Å². The van der Waals surface area contributed by atoms with Crippen LogP contribution in [0.1, 0.15) is 35.1 Å². The molecule has 0 saturated carbocycles. The molecule has 2 amide bonds. The number of aromatic nitrogens is 1. The van der Waals surface area contributed by atoms with E-state index < -0.39 is 0 Å². The molecule has 3 rings (SSSR count). The highest BCUT2D eigenvalue weighted by Crippen LogP contribution is 2.30. The van der Waals surface area contributed by atoms with Gasteiger partial charge in [-0.1, -0.05) is 18.2 Å². The lowest BCUT2D eigenvalue weighted by Crippen LogP contribution is -2.37. The van der Waals surface area contributed by atoms with Crippen molar-refractivity contribution in [2.75, 3.05) is 6.61 Å². The molecular weight excluding hydrogens is 298 g/mol. The first kappa shape index (κ1) is 14.8. The van der Waals surface area contributed by atoms with E-state index in [1.165, 1.54) is 0 Å². The van der Waals surface area contributed by atoms with Gasteiger partial charge in [-0.2, -0.15) is 0 Å². The van der Waals surface area contributed by atoms with Crippen LogP contribution in [-0.4, -0.2) is 17.6 Å². The first-order valence-electron chi connectivity index (χ1n) is 7.39. The lowest BCUT2D eigenvalue weighted by molar-refractivity contribution is 0.236. The van der Waals surface area contributed by atoms with Gasteiger partial charge in [-0.05, 0) is 25.8 Å². The van der Waals surface area contributed by atoms with Crippen molar-refractivity contribution in [3.05, 3.63) is 45.9 Å². The van der Waals surface area contributed by atoms with Crippen LogP contribution in [0.2, 0.25) is 0 Å². The molecule has 1 atom stereocenters. The van der Waals surface area contributed by atoms with Crippen LogP contribution in [0.5, 0.6) is 5.75 Å². The summed E-state index contributed by atoms with van der Waals surface area (Å²) in [6.07, 6.45) is 1.80. The minimum Gasteiger partial charge on any atom is -0.493 e. The minimum atomic E-state index is -0.172. The predicted molar refractivity (Wildman–Crippen MR) is 86.1 cm³/mol. The van der Waals surface area contributed by atoms with E-state index in [0.29, 0.717) is 13.2 Å². The Kier molecular flexibility index (Phi) is 4.58. The average Bonchev–Trinajstić information content (AvgIpc) is 2.83. The van der Waals surface area contributed by atoms with Crippen LogP contribution in [0.25, 0.3) is 0 Å². The Morgan fingerprint density at radius 2 is 2.32 bits per heavy atom. The fraction of sp³-hybridized carbons (Fsp3) is 0.375. The van der Waals surface area contributed by atoms with Gasteiger partial charge >= 0.3 is 6.03 Å². The summed E-state index contributed by atoms with van der Waals surface area (Å²) in [6, 6.07) is 7.69. The lowest BCUT2D eigenvalue weighted by Gasteiger charge is -2.18. The zero-order chi connectivity index (χ0) is 15.4. The molecule has 1 aliphatic heterocycles. The van der Waals surface area contributed by atoms with Crippen molar-refractivity contribution < 1.29 is 9.53 Å². The Bertz CT molecular complexity index is 656. The third kappa shape index (κ3) is 3.57. The summed E-state index contributed by atoms with van der Waals surface area (Å²) < 4.78 is 5.71. The molecule has 0 aliphatic carbocycles. The largest absolute Gasteiger partial charge is 0.493 e. The molecule has 2 heterocycles. The standard InChI is InChI=1S/C16H19N3O2S/c1-11-10-22-15(18-11)9-17-16(20)19-13-6-4-8-21-14-7-3-2-5-12(13)14/h2-3,5,7,10,13H,4,6,8-9H2,1H3,(H2,17,19,20). The van der Waals surface area contributed by atoms with Gasteiger partial charge in [0.15, 0.2) is 0 Å². The fourth-order valence-electron chi connectivity index (χ4n) is 2.52. The minimum absolute atomic E-state index is 0.0169. The smallest absolute Gasteiger partial charge is 0.315 e. The molecule has 116 valence electrons. The summed E-state index contributed by atoms with van der Waals surface area (Å²) in [5, 5.41) is 8.80. The SMILES string of the molecule is Cc1csc(CNC(=O)NC2CCCOc3ccccc32)n1. The lowest BCUT2D eigenvalue weighted by atomic mass is 10.0. The highest BCUT2D eigenvalue weighted by atomic mass is 32.1. The molecule has 1 unspecified atom stereocenters. The fourth-order valence-corrected chi connectivity index (χ4v) is 3.24. The number of para-hydroxylation sites is 1. The number of hydrogen-bond donors (Lipinski definition) is 2. The molecule has 1 aliphatic rings. The molecule has 2 aromatic rings. The van der Waals surface area contributed by atoms with Crippen LogP contribution in [0, 0.1) is 6.92 Å². The van der Waals surface area contributed by atoms with Crippen LogP contribution < -0.4 is 15.4 Å². The molecule has 1 aromatic heterocycles. The molecule has 6 heteroatoms. The van der Waals surface area contributed by atoms with E-state index in [4.69, 9.17) is 4.74 Å². The molecule has 0 bridgehead atoms. The molecule has 0 fully saturated rings. The number of nitrogens with one attached hydrogen (secondary N) is 2. The van der Waals surface area contributed by atoms with Gasteiger partial charge in [0.2, 0.25) is 0 Å². The molecular formula is C16H19N3O2S. The second kappa shape index (κ2) is 6.79. The molecule has 0 saturated heterocycles. The van der Waals surface area contributed by atoms with Crippen LogP contribution in [-0.2, 0) is 6.54 Å². The number of urea groups is 1. The number of hydrogen-bond acceptors (Lipinski definition) is 4. The molecule has 5 nitrogen and oxygen atoms in total. The van der Waals surface area contributed by atoms with Gasteiger partial charge in [0.25, 0.3) is 0 Å². The van der Waals surface area contributed by atoms with E-state index in [-0.39, 0.29) is 12.1 Å². The third-order valence-electron chi connectivity index (χ3n) is 3.56. The summed E-state index contributed by atoms with van der Waals surface area (Å²) in [7, 11) is 0. The second-order valence-corrected chi connectivity index (χ2v) is 6.23. The zero-order valence-corrected chi connectivity index (χ0v) is 13.3. The van der Waals surface area contributed by atoms with Gasteiger partial charge in [0.05, 0.1) is 19.2 Å². The van der Waals surface area contributed by atoms with E-state index in [9.17, 15) is 4.79 Å². The summed E-state index contributed by atoms with van der Waals surface area (Å²) >= 11 is 1.56. The maximum Gasteiger partial charge on any atom is 0.315 e. The number of aryl methyl sites for hydroxylation is 1. The van der Waals surface area contributed by atoms with Gasteiger partial charge in [-0.25, -0.2) is 9.78 Å². The van der Waals surface area contributed by atoms with Crippen molar-refractivity contribution in [1.29, 1.82) is 0 Å². The highest BCUT2D eigenvalue weighted by Gasteiger charge is 2.21. The Hall–Kier alpha value is -2.08. The second-order valence-electron chi connectivity index (χ2n) is 5.29. The van der Waals surface area contributed by atoms with Crippen molar-refractivity contribution in [1.82, 2.24) is 15.6 Å². The third-order valence-corrected chi connectivity index (χ3v) is 4.53. The summed E-state index contributed by atoms with van der Waals surface area (Å²) in [5.74, 6) is 0.862. The summed E-state index contributed by atoms with van der Waals surface area (Å²) in [5.41, 5.74) is 2.03. The molecule has 0 spiro atoms. The number of nitrogens with zero attached hydrogens (tertiary/aromatic N) is 1. The zero-order valence-electron chi connectivity index (χ0n) is 12.5. The quantitative estimate of drug-likeness (QED) is 0.914. The maximum absolute atomic E-state index is 12.1. The van der Waals surface area contributed by atoms with Gasteiger partial charge in [0, 0.05) is 16.6 Å². The Balaban J connectivity index is 1.61. The van der Waals surface area contributed by atoms with Crippen molar-refractivity contribution >= 4 is 17.4 Å². The Morgan fingerprint density at radius 1 is 1.45 bits per heavy atom. The number of amides is 2. The Labute approximate surface area is 133 Å². The molecule has 0 radical (unpaired) electrons. The number of ether oxygens (including phenoxy) is 1. The molecule has 22 heavy (non-hydrogen) atoms. The van der Waals surface area contributed by atoms with Gasteiger partial charge in [-0.15, -0.1) is 11.3 Å². The van der Waals surface area contributed by atoms with Crippen LogP contribution in [0.15, 0.2) is 29.6 Å². The van der Waals surface area contributed by atoms with E-state index in [2.05, 4.69) is 15.6 Å². The van der Waals surface area contributed by atoms with E-state index in [0.717, 1.165) is 34.9 Å². The highest BCUT2D eigenvalue weighted by molar-refractivity contribution is 7.09. The number of fused-ring (bicyclic) bond motifs is 1. The van der Waals surface area contributed by atoms with Gasteiger partial charge in [0.1, 0.15) is 10.8 Å². The van der Waals surface area contributed by atoms with Crippen molar-refractivity contribution in [3.8, 4) is 5.75 Å². The summed E-state index contributed by atoms with van der Waals surface area (Å²) in [4.78, 5) is 16.5. The normalized spacial score (nSPS) is 17.0.